The van der Waals surface area contributed by atoms with Crippen LogP contribution in [0.25, 0.3) is 0 Å². The van der Waals surface area contributed by atoms with Gasteiger partial charge in [0, 0.05) is 21.3 Å². The van der Waals surface area contributed by atoms with Gasteiger partial charge in [-0.25, -0.2) is 0 Å². The van der Waals surface area contributed by atoms with Gasteiger partial charge in [-0.15, -0.1) is 11.3 Å². The average Bonchev–Trinajstić information content (AvgIpc) is 3.11. The number of rotatable bonds is 7. The summed E-state index contributed by atoms with van der Waals surface area (Å²) in [5.41, 5.74) is 2.36. The topological polar surface area (TPSA) is 27.7 Å². The molecule has 0 spiro atoms. The molecule has 0 N–H and O–H groups in total. The zero-order valence-corrected chi connectivity index (χ0v) is 21.6. The van der Waals surface area contributed by atoms with E-state index in [1.165, 1.54) is 10.4 Å². The van der Waals surface area contributed by atoms with Crippen molar-refractivity contribution >= 4 is 35.6 Å². The lowest BCUT2D eigenvalue weighted by Crippen LogP contribution is -2.40. The zero-order valence-electron chi connectivity index (χ0n) is 18.2. The van der Waals surface area contributed by atoms with Crippen molar-refractivity contribution in [2.24, 2.45) is 0 Å². The average molecular weight is 498 g/mol. The quantitative estimate of drug-likeness (QED) is 0.368. The van der Waals surface area contributed by atoms with Crippen LogP contribution in [0.2, 0.25) is 18.1 Å². The van der Waals surface area contributed by atoms with E-state index in [-0.39, 0.29) is 17.4 Å². The Kier molecular flexibility index (Phi) is 7.79. The highest BCUT2D eigenvalue weighted by atomic mass is 79.9. The first-order valence-corrected chi connectivity index (χ1v) is 15.0. The van der Waals surface area contributed by atoms with E-state index in [9.17, 15) is 0 Å². The molecular weight excluding hydrogens is 464 g/mol. The number of ether oxygens (including phenoxy) is 2. The third-order valence-corrected chi connectivity index (χ3v) is 12.2. The molecular formula is C23H33BrO3SSi. The van der Waals surface area contributed by atoms with Gasteiger partial charge in [0.2, 0.25) is 0 Å². The molecule has 1 aliphatic rings. The highest BCUT2D eigenvalue weighted by Crippen LogP contribution is 2.38. The van der Waals surface area contributed by atoms with Gasteiger partial charge >= 0.3 is 0 Å². The second-order valence-corrected chi connectivity index (χ2v) is 15.9. The molecule has 2 atom stereocenters. The predicted molar refractivity (Wildman–Crippen MR) is 127 cm³/mol. The van der Waals surface area contributed by atoms with Crippen LogP contribution in [-0.2, 0) is 20.5 Å². The van der Waals surface area contributed by atoms with E-state index in [1.54, 1.807) is 11.3 Å². The molecule has 0 saturated carbocycles. The van der Waals surface area contributed by atoms with Gasteiger partial charge in [0.25, 0.3) is 0 Å². The molecule has 0 aliphatic carbocycles. The first-order valence-electron chi connectivity index (χ1n) is 10.4. The van der Waals surface area contributed by atoms with E-state index < -0.39 is 8.32 Å². The summed E-state index contributed by atoms with van der Waals surface area (Å²) in [6.07, 6.45) is 3.01. The molecule has 0 amide bonds. The van der Waals surface area contributed by atoms with Gasteiger partial charge in [-0.3, -0.25) is 0 Å². The molecule has 3 nitrogen and oxygen atoms in total. The Labute approximate surface area is 189 Å². The molecule has 160 valence electrons. The molecule has 1 aromatic heterocycles. The van der Waals surface area contributed by atoms with Crippen molar-refractivity contribution in [2.75, 3.05) is 6.61 Å². The summed E-state index contributed by atoms with van der Waals surface area (Å²) >= 11 is 5.29. The maximum Gasteiger partial charge on any atom is 0.192 e. The first-order chi connectivity index (χ1) is 13.7. The highest BCUT2D eigenvalue weighted by Gasteiger charge is 2.37. The lowest BCUT2D eigenvalue weighted by atomic mass is 10.1. The van der Waals surface area contributed by atoms with Crippen LogP contribution in [0.1, 0.15) is 62.1 Å². The van der Waals surface area contributed by atoms with Crippen LogP contribution in [0.5, 0.6) is 0 Å². The van der Waals surface area contributed by atoms with Crippen LogP contribution in [-0.4, -0.2) is 21.2 Å². The van der Waals surface area contributed by atoms with Crippen molar-refractivity contribution in [3.8, 4) is 0 Å². The molecule has 0 bridgehead atoms. The number of hydrogen-bond acceptors (Lipinski definition) is 4. The second-order valence-electron chi connectivity index (χ2n) is 9.27. The van der Waals surface area contributed by atoms with Crippen molar-refractivity contribution in [1.82, 2.24) is 0 Å². The molecule has 0 radical (unpaired) electrons. The molecule has 1 fully saturated rings. The molecule has 3 rings (SSSR count). The molecule has 2 aromatic rings. The normalized spacial score (nSPS) is 19.3. The highest BCUT2D eigenvalue weighted by molar-refractivity contribution is 9.10. The number of hydrogen-bond donors (Lipinski definition) is 0. The molecule has 2 heterocycles. The van der Waals surface area contributed by atoms with Gasteiger partial charge in [-0.1, -0.05) is 45.0 Å². The zero-order chi connectivity index (χ0) is 21.1. The smallest absolute Gasteiger partial charge is 0.192 e. The van der Waals surface area contributed by atoms with E-state index in [0.717, 1.165) is 35.9 Å². The van der Waals surface area contributed by atoms with Gasteiger partial charge in [0.15, 0.2) is 14.6 Å². The lowest BCUT2D eigenvalue weighted by Gasteiger charge is -2.36. The molecule has 6 heteroatoms. The number of thiophene rings is 1. The molecule has 1 aliphatic heterocycles. The summed E-state index contributed by atoms with van der Waals surface area (Å²) in [4.78, 5) is 1.19. The van der Waals surface area contributed by atoms with E-state index in [4.69, 9.17) is 13.9 Å². The Morgan fingerprint density at radius 2 is 1.93 bits per heavy atom. The van der Waals surface area contributed by atoms with Gasteiger partial charge < -0.3 is 13.9 Å². The van der Waals surface area contributed by atoms with Gasteiger partial charge in [0.1, 0.15) is 6.10 Å². The Morgan fingerprint density at radius 1 is 1.21 bits per heavy atom. The Balaban J connectivity index is 1.72. The van der Waals surface area contributed by atoms with Crippen LogP contribution in [0, 0.1) is 0 Å². The Bertz CT molecular complexity index is 776. The summed E-state index contributed by atoms with van der Waals surface area (Å²) in [6.45, 7) is 12.9. The fourth-order valence-corrected chi connectivity index (χ4v) is 5.48. The minimum Gasteiger partial charge on any atom is -0.413 e. The minimum atomic E-state index is -1.75. The molecule has 29 heavy (non-hydrogen) atoms. The van der Waals surface area contributed by atoms with Crippen molar-refractivity contribution in [3.63, 3.8) is 0 Å². The van der Waals surface area contributed by atoms with E-state index >= 15 is 0 Å². The fraction of sp³-hybridized carbons (Fsp3) is 0.565. The lowest BCUT2D eigenvalue weighted by molar-refractivity contribution is -0.180. The maximum absolute atomic E-state index is 6.42. The summed E-state index contributed by atoms with van der Waals surface area (Å²) in [6, 6.07) is 10.8. The fourth-order valence-electron chi connectivity index (χ4n) is 3.01. The Hall–Kier alpha value is -0.503. The van der Waals surface area contributed by atoms with E-state index in [2.05, 4.69) is 85.5 Å². The van der Waals surface area contributed by atoms with Gasteiger partial charge in [-0.2, -0.15) is 0 Å². The number of benzene rings is 1. The molecule has 2 unspecified atom stereocenters. The van der Waals surface area contributed by atoms with Crippen LogP contribution in [0.3, 0.4) is 0 Å². The minimum absolute atomic E-state index is 0.107. The summed E-state index contributed by atoms with van der Waals surface area (Å²) in [7, 11) is -1.75. The maximum atomic E-state index is 6.42. The van der Waals surface area contributed by atoms with Crippen LogP contribution < -0.4 is 0 Å². The monoisotopic (exact) mass is 496 g/mol. The second kappa shape index (κ2) is 9.75. The van der Waals surface area contributed by atoms with Crippen molar-refractivity contribution < 1.29 is 13.9 Å². The summed E-state index contributed by atoms with van der Waals surface area (Å²) in [5.74, 6) is 0. The summed E-state index contributed by atoms with van der Waals surface area (Å²) in [5, 5.41) is 2.33. The molecule has 1 aromatic carbocycles. The standard InChI is InChI=1S/C23H33BrO3SSi/c1-23(2,3)29(4,5)26-15-17-9-11-18(12-10-17)22(20-14-19(24)16-28-20)27-21-8-6-7-13-25-21/h9-12,14,16,21-22H,6-8,13,15H2,1-5H3. The van der Waals surface area contributed by atoms with Crippen molar-refractivity contribution in [2.45, 2.75) is 77.2 Å². The molecule has 1 saturated heterocycles. The van der Waals surface area contributed by atoms with Gasteiger partial charge in [-0.05, 0) is 70.5 Å². The van der Waals surface area contributed by atoms with Crippen molar-refractivity contribution in [1.29, 1.82) is 0 Å². The van der Waals surface area contributed by atoms with Crippen LogP contribution in [0.15, 0.2) is 40.2 Å². The van der Waals surface area contributed by atoms with E-state index in [0.29, 0.717) is 6.61 Å². The van der Waals surface area contributed by atoms with Crippen LogP contribution >= 0.6 is 27.3 Å². The van der Waals surface area contributed by atoms with Gasteiger partial charge in [0.05, 0.1) is 6.61 Å². The predicted octanol–water partition coefficient (Wildman–Crippen LogP) is 7.67. The SMILES string of the molecule is CC(C)(C)[Si](C)(C)OCc1ccc(C(OC2CCCCO2)c2cc(Br)cs2)cc1. The summed E-state index contributed by atoms with van der Waals surface area (Å²) < 4.78 is 19.7. The number of halogens is 1. The first kappa shape index (κ1) is 23.2. The van der Waals surface area contributed by atoms with E-state index in [1.807, 2.05) is 0 Å². The largest absolute Gasteiger partial charge is 0.413 e. The Morgan fingerprint density at radius 3 is 2.48 bits per heavy atom. The van der Waals surface area contributed by atoms with Crippen molar-refractivity contribution in [3.05, 3.63) is 56.2 Å². The third-order valence-electron chi connectivity index (χ3n) is 5.96. The van der Waals surface area contributed by atoms with Crippen LogP contribution in [0.4, 0.5) is 0 Å². The third kappa shape index (κ3) is 6.25.